The molecular weight excluding hydrogens is 576 g/mol. The van der Waals surface area contributed by atoms with Crippen molar-refractivity contribution in [2.75, 3.05) is 25.5 Å². The number of ether oxygens (including phenoxy) is 1. The van der Waals surface area contributed by atoms with Gasteiger partial charge >= 0.3 is 5.97 Å². The lowest BCUT2D eigenvalue weighted by atomic mass is 9.90. The van der Waals surface area contributed by atoms with Gasteiger partial charge in [0.15, 0.2) is 5.82 Å². The summed E-state index contributed by atoms with van der Waals surface area (Å²) < 4.78 is 5.68. The maximum atomic E-state index is 11.7. The smallest absolute Gasteiger partial charge is 0.310 e. The Kier molecular flexibility index (Phi) is 7.92. The summed E-state index contributed by atoms with van der Waals surface area (Å²) in [6.07, 6.45) is 2.35. The summed E-state index contributed by atoms with van der Waals surface area (Å²) >= 11 is 7.10. The summed E-state index contributed by atoms with van der Waals surface area (Å²) in [5.74, 6) is 1.04. The second kappa shape index (κ2) is 11.8. The van der Waals surface area contributed by atoms with E-state index >= 15 is 0 Å². The van der Waals surface area contributed by atoms with Crippen LogP contribution in [-0.4, -0.2) is 56.1 Å². The van der Waals surface area contributed by atoms with Crippen LogP contribution in [0.3, 0.4) is 0 Å². The van der Waals surface area contributed by atoms with E-state index in [2.05, 4.69) is 25.2 Å². The van der Waals surface area contributed by atoms with Crippen LogP contribution in [0.1, 0.15) is 30.3 Å². The van der Waals surface area contributed by atoms with Crippen molar-refractivity contribution in [3.63, 3.8) is 0 Å². The zero-order chi connectivity index (χ0) is 31.0. The standard InChI is InChI=1S/C34H33ClN6O3/c1-20-23(8-6-11-26(20)39-31-30-28(12-7-16-36-30)37-21(2)38-31)24-9-5-10-25(29(24)35)27-14-13-22(32(40-27)44-4)18-41-17-15-34(3,19-41)33(42)43/h5-14,16H,15,17-19H2,1-4H3,(H,42,43)(H,37,38,39)/t34-/m1/s1. The molecule has 9 nitrogen and oxygen atoms in total. The Balaban J connectivity index is 1.30. The van der Waals surface area contributed by atoms with Crippen LogP contribution in [0.5, 0.6) is 5.88 Å². The SMILES string of the molecule is COc1nc(-c2cccc(-c3cccc(Nc4nc(C)nc5cccnc45)c3C)c2Cl)ccc1CN1CC[C@@](C)(C(=O)O)C1. The van der Waals surface area contributed by atoms with Crippen LogP contribution in [0.25, 0.3) is 33.4 Å². The highest BCUT2D eigenvalue weighted by Crippen LogP contribution is 2.40. The molecule has 0 unspecified atom stereocenters. The Morgan fingerprint density at radius 2 is 1.80 bits per heavy atom. The monoisotopic (exact) mass is 608 g/mol. The number of aliphatic carboxylic acids is 1. The largest absolute Gasteiger partial charge is 0.481 e. The molecule has 10 heteroatoms. The van der Waals surface area contributed by atoms with Crippen LogP contribution in [0.2, 0.25) is 5.02 Å². The number of pyridine rings is 2. The van der Waals surface area contributed by atoms with Gasteiger partial charge in [-0.15, -0.1) is 0 Å². The zero-order valence-corrected chi connectivity index (χ0v) is 25.8. The number of likely N-dealkylation sites (tertiary alicyclic amines) is 1. The number of nitrogens with zero attached hydrogens (tertiary/aromatic N) is 5. The maximum Gasteiger partial charge on any atom is 0.310 e. The molecule has 1 aliphatic rings. The van der Waals surface area contributed by atoms with Gasteiger partial charge in [-0.1, -0.05) is 48.0 Å². The van der Waals surface area contributed by atoms with E-state index in [9.17, 15) is 9.90 Å². The zero-order valence-electron chi connectivity index (χ0n) is 25.1. The minimum atomic E-state index is -0.763. The minimum absolute atomic E-state index is 0.484. The van der Waals surface area contributed by atoms with Gasteiger partial charge < -0.3 is 15.2 Å². The number of hydrogen-bond acceptors (Lipinski definition) is 8. The molecule has 1 fully saturated rings. The average molecular weight is 609 g/mol. The first-order valence-corrected chi connectivity index (χ1v) is 14.8. The van der Waals surface area contributed by atoms with Crippen molar-refractivity contribution < 1.29 is 14.6 Å². The van der Waals surface area contributed by atoms with Crippen molar-refractivity contribution in [2.45, 2.75) is 33.7 Å². The number of methoxy groups -OCH3 is 1. The number of aryl methyl sites for hydroxylation is 1. The van der Waals surface area contributed by atoms with E-state index in [1.807, 2.05) is 74.5 Å². The Hall–Kier alpha value is -4.60. The fraction of sp³-hybridized carbons (Fsp3) is 0.265. The lowest BCUT2D eigenvalue weighted by molar-refractivity contribution is -0.147. The molecule has 0 aliphatic carbocycles. The van der Waals surface area contributed by atoms with Crippen LogP contribution in [-0.2, 0) is 11.3 Å². The normalized spacial score (nSPS) is 16.8. The van der Waals surface area contributed by atoms with Crippen LogP contribution in [0, 0.1) is 19.3 Å². The number of carboxylic acid groups (broad SMARTS) is 1. The molecule has 0 saturated carbocycles. The first-order chi connectivity index (χ1) is 21.2. The highest BCUT2D eigenvalue weighted by atomic mass is 35.5. The molecule has 0 bridgehead atoms. The molecule has 224 valence electrons. The lowest BCUT2D eigenvalue weighted by Crippen LogP contribution is -2.31. The molecule has 2 N–H and O–H groups in total. The van der Waals surface area contributed by atoms with Gasteiger partial charge in [-0.25, -0.2) is 15.0 Å². The molecule has 0 amide bonds. The molecule has 0 radical (unpaired) electrons. The van der Waals surface area contributed by atoms with Gasteiger partial charge in [-0.05, 0) is 69.1 Å². The number of rotatable bonds is 8. The topological polar surface area (TPSA) is 113 Å². The Bertz CT molecular complexity index is 1900. The second-order valence-electron chi connectivity index (χ2n) is 11.5. The number of halogens is 1. The maximum absolute atomic E-state index is 11.7. The van der Waals surface area contributed by atoms with Gasteiger partial charge in [0.05, 0.1) is 28.8 Å². The molecule has 44 heavy (non-hydrogen) atoms. The Morgan fingerprint density at radius 1 is 1.02 bits per heavy atom. The molecule has 1 atom stereocenters. The molecule has 5 aromatic rings. The van der Waals surface area contributed by atoms with Crippen LogP contribution in [0.4, 0.5) is 11.5 Å². The van der Waals surface area contributed by atoms with Crippen molar-refractivity contribution >= 4 is 40.1 Å². The van der Waals surface area contributed by atoms with E-state index in [0.717, 1.165) is 39.0 Å². The number of fused-ring (bicyclic) bond motifs is 1. The summed E-state index contributed by atoms with van der Waals surface area (Å²) in [4.78, 5) is 32.3. The highest BCUT2D eigenvalue weighted by molar-refractivity contribution is 6.36. The summed E-state index contributed by atoms with van der Waals surface area (Å²) in [7, 11) is 1.60. The van der Waals surface area contributed by atoms with E-state index in [1.165, 1.54) is 0 Å². The number of nitrogens with one attached hydrogen (secondary N) is 1. The number of aromatic nitrogens is 4. The summed E-state index contributed by atoms with van der Waals surface area (Å²) in [5.41, 5.74) is 6.86. The first kappa shape index (κ1) is 29.5. The van der Waals surface area contributed by atoms with Gasteiger partial charge in [-0.2, -0.15) is 0 Å². The third kappa shape index (κ3) is 5.56. The number of benzene rings is 2. The molecule has 6 rings (SSSR count). The van der Waals surface area contributed by atoms with Crippen molar-refractivity contribution in [1.29, 1.82) is 0 Å². The third-order valence-electron chi connectivity index (χ3n) is 8.31. The number of hydrogen-bond donors (Lipinski definition) is 2. The van der Waals surface area contributed by atoms with Crippen molar-refractivity contribution in [3.8, 4) is 28.3 Å². The van der Waals surface area contributed by atoms with Crippen molar-refractivity contribution in [1.82, 2.24) is 24.8 Å². The van der Waals surface area contributed by atoms with Gasteiger partial charge in [0, 0.05) is 41.7 Å². The van der Waals surface area contributed by atoms with Crippen LogP contribution >= 0.6 is 11.6 Å². The first-order valence-electron chi connectivity index (χ1n) is 14.4. The van der Waals surface area contributed by atoms with Gasteiger partial charge in [0.2, 0.25) is 5.88 Å². The number of carboxylic acids is 1. The van der Waals surface area contributed by atoms with Crippen LogP contribution in [0.15, 0.2) is 66.9 Å². The van der Waals surface area contributed by atoms with Gasteiger partial charge in [-0.3, -0.25) is 14.7 Å². The fourth-order valence-corrected chi connectivity index (χ4v) is 6.15. The highest BCUT2D eigenvalue weighted by Gasteiger charge is 2.40. The second-order valence-corrected chi connectivity index (χ2v) is 11.8. The fourth-order valence-electron chi connectivity index (χ4n) is 5.82. The quantitative estimate of drug-likeness (QED) is 0.191. The number of carbonyl (C=O) groups is 1. The summed E-state index contributed by atoms with van der Waals surface area (Å²) in [6.45, 7) is 7.46. The molecule has 1 aliphatic heterocycles. The van der Waals surface area contributed by atoms with Crippen molar-refractivity contribution in [3.05, 3.63) is 88.8 Å². The molecular formula is C34H33ClN6O3. The van der Waals surface area contributed by atoms with Crippen molar-refractivity contribution in [2.24, 2.45) is 5.41 Å². The Labute approximate surface area is 260 Å². The van der Waals surface area contributed by atoms with Gasteiger partial charge in [0.25, 0.3) is 0 Å². The summed E-state index contributed by atoms with van der Waals surface area (Å²) in [5, 5.41) is 13.7. The van der Waals surface area contributed by atoms with E-state index in [1.54, 1.807) is 20.2 Å². The molecule has 1 saturated heterocycles. The van der Waals surface area contributed by atoms with E-state index in [4.69, 9.17) is 21.3 Å². The van der Waals surface area contributed by atoms with Gasteiger partial charge in [0.1, 0.15) is 11.3 Å². The predicted octanol–water partition coefficient (Wildman–Crippen LogP) is 7.07. The third-order valence-corrected chi connectivity index (χ3v) is 8.72. The molecule has 2 aromatic carbocycles. The number of anilines is 2. The van der Waals surface area contributed by atoms with Crippen LogP contribution < -0.4 is 10.1 Å². The van der Waals surface area contributed by atoms with E-state index in [0.29, 0.717) is 59.8 Å². The molecule has 4 heterocycles. The average Bonchev–Trinajstić information content (AvgIpc) is 3.40. The summed E-state index contributed by atoms with van der Waals surface area (Å²) in [6, 6.07) is 19.7. The van der Waals surface area contributed by atoms with E-state index < -0.39 is 11.4 Å². The lowest BCUT2D eigenvalue weighted by Gasteiger charge is -2.21. The molecule has 0 spiro atoms. The minimum Gasteiger partial charge on any atom is -0.481 e. The molecule has 3 aromatic heterocycles. The predicted molar refractivity (Wildman–Crippen MR) is 172 cm³/mol. The Morgan fingerprint density at radius 3 is 2.57 bits per heavy atom. The van der Waals surface area contributed by atoms with E-state index in [-0.39, 0.29) is 0 Å².